The van der Waals surface area contributed by atoms with Gasteiger partial charge in [0.15, 0.2) is 0 Å². The summed E-state index contributed by atoms with van der Waals surface area (Å²) < 4.78 is 0. The highest BCUT2D eigenvalue weighted by Gasteiger charge is 2.29. The van der Waals surface area contributed by atoms with Gasteiger partial charge in [-0.25, -0.2) is 14.8 Å². The zero-order valence-corrected chi connectivity index (χ0v) is 20.5. The van der Waals surface area contributed by atoms with E-state index < -0.39 is 0 Å². The maximum atomic E-state index is 12.5. The van der Waals surface area contributed by atoms with Crippen LogP contribution in [0.4, 0.5) is 4.79 Å². The minimum absolute atomic E-state index is 0.0197. The minimum atomic E-state index is -0.370. The fourth-order valence-electron chi connectivity index (χ4n) is 4.03. The number of nitrogens with two attached hydrogens (primary N) is 1. The molecular weight excluding hydrogens is 471 g/mol. The summed E-state index contributed by atoms with van der Waals surface area (Å²) in [5.74, 6) is -0.305. The molecule has 1 atom stereocenters. The van der Waals surface area contributed by atoms with Crippen LogP contribution in [0.3, 0.4) is 0 Å². The lowest BCUT2D eigenvalue weighted by molar-refractivity contribution is 0.0915. The van der Waals surface area contributed by atoms with E-state index >= 15 is 0 Å². The second-order valence-corrected chi connectivity index (χ2v) is 9.48. The van der Waals surface area contributed by atoms with Crippen molar-refractivity contribution in [2.45, 2.75) is 51.7 Å². The Morgan fingerprint density at radius 3 is 2.66 bits per heavy atom. The van der Waals surface area contributed by atoms with Gasteiger partial charge in [-0.1, -0.05) is 11.6 Å². The van der Waals surface area contributed by atoms with E-state index in [0.717, 1.165) is 37.9 Å². The predicted molar refractivity (Wildman–Crippen MR) is 127 cm³/mol. The number of carbonyl (C=O) groups excluding carboxylic acids is 2. The molecular formula is C21H28Cl2N6O2S. The number of aryl methyl sites for hydroxylation is 1. The van der Waals surface area contributed by atoms with Crippen LogP contribution in [0.15, 0.2) is 16.8 Å². The van der Waals surface area contributed by atoms with Crippen LogP contribution in [0.2, 0.25) is 10.4 Å². The third kappa shape index (κ3) is 6.31. The highest BCUT2D eigenvalue weighted by atomic mass is 35.5. The second kappa shape index (κ2) is 11.3. The predicted octanol–water partition coefficient (Wildman–Crippen LogP) is 3.71. The van der Waals surface area contributed by atoms with Gasteiger partial charge < -0.3 is 20.9 Å². The average Bonchev–Trinajstić information content (AvgIpc) is 3.24. The largest absolute Gasteiger partial charge is 0.352 e. The van der Waals surface area contributed by atoms with Crippen molar-refractivity contribution in [3.05, 3.63) is 44.1 Å². The molecule has 3 amide bonds. The SMILES string of the molecule is Cc1nc(Cl)nc(Cl)c1C(=O)NCC[C@@H](C)N1CCC(N(Cc2ccsc2)C(N)=O)CC1. The summed E-state index contributed by atoms with van der Waals surface area (Å²) in [6.45, 7) is 6.64. The van der Waals surface area contributed by atoms with E-state index in [2.05, 4.69) is 27.1 Å². The summed E-state index contributed by atoms with van der Waals surface area (Å²) >= 11 is 13.4. The molecule has 1 saturated heterocycles. The Kier molecular flexibility index (Phi) is 8.70. The number of aromatic nitrogens is 2. The van der Waals surface area contributed by atoms with Gasteiger partial charge in [-0.2, -0.15) is 11.3 Å². The number of nitrogens with zero attached hydrogens (tertiary/aromatic N) is 4. The summed E-state index contributed by atoms with van der Waals surface area (Å²) in [5.41, 5.74) is 7.47. The number of amides is 3. The zero-order valence-electron chi connectivity index (χ0n) is 18.2. The van der Waals surface area contributed by atoms with E-state index in [9.17, 15) is 9.59 Å². The van der Waals surface area contributed by atoms with Crippen LogP contribution in [0.5, 0.6) is 0 Å². The number of primary amides is 1. The first-order valence-electron chi connectivity index (χ1n) is 10.5. The Morgan fingerprint density at radius 1 is 1.34 bits per heavy atom. The number of carbonyl (C=O) groups is 2. The van der Waals surface area contributed by atoms with Crippen molar-refractivity contribution in [3.63, 3.8) is 0 Å². The van der Waals surface area contributed by atoms with E-state index in [1.165, 1.54) is 0 Å². The van der Waals surface area contributed by atoms with Crippen LogP contribution in [0.25, 0.3) is 0 Å². The molecule has 3 heterocycles. The lowest BCUT2D eigenvalue weighted by Crippen LogP contribution is -2.50. The number of likely N-dealkylation sites (tertiary alicyclic amines) is 1. The summed E-state index contributed by atoms with van der Waals surface area (Å²) in [7, 11) is 0. The number of hydrogen-bond acceptors (Lipinski definition) is 6. The molecule has 0 bridgehead atoms. The van der Waals surface area contributed by atoms with Crippen molar-refractivity contribution in [3.8, 4) is 0 Å². The van der Waals surface area contributed by atoms with Gasteiger partial charge >= 0.3 is 6.03 Å². The summed E-state index contributed by atoms with van der Waals surface area (Å²) in [6.07, 6.45) is 2.54. The first-order chi connectivity index (χ1) is 15.3. The van der Waals surface area contributed by atoms with E-state index in [0.29, 0.717) is 18.8 Å². The lowest BCUT2D eigenvalue weighted by atomic mass is 10.0. The monoisotopic (exact) mass is 498 g/mol. The van der Waals surface area contributed by atoms with Crippen LogP contribution in [0.1, 0.15) is 47.8 Å². The van der Waals surface area contributed by atoms with Crippen molar-refractivity contribution in [1.29, 1.82) is 0 Å². The summed E-state index contributed by atoms with van der Waals surface area (Å²) in [5, 5.41) is 7.02. The van der Waals surface area contributed by atoms with E-state index in [-0.39, 0.29) is 40.0 Å². The molecule has 0 saturated carbocycles. The number of hydrogen-bond donors (Lipinski definition) is 2. The van der Waals surface area contributed by atoms with Gasteiger partial charge in [0.2, 0.25) is 5.28 Å². The Bertz CT molecular complexity index is 911. The highest BCUT2D eigenvalue weighted by molar-refractivity contribution is 7.07. The summed E-state index contributed by atoms with van der Waals surface area (Å²) in [6, 6.07) is 2.08. The van der Waals surface area contributed by atoms with Gasteiger partial charge in [-0.3, -0.25) is 4.79 Å². The van der Waals surface area contributed by atoms with Crippen molar-refractivity contribution in [2.24, 2.45) is 5.73 Å². The van der Waals surface area contributed by atoms with Crippen LogP contribution >= 0.6 is 34.5 Å². The topological polar surface area (TPSA) is 104 Å². The Morgan fingerprint density at radius 2 is 2.06 bits per heavy atom. The van der Waals surface area contributed by atoms with Crippen molar-refractivity contribution < 1.29 is 9.59 Å². The lowest BCUT2D eigenvalue weighted by Gasteiger charge is -2.40. The minimum Gasteiger partial charge on any atom is -0.352 e. The van der Waals surface area contributed by atoms with Gasteiger partial charge in [0.25, 0.3) is 5.91 Å². The average molecular weight is 499 g/mol. The molecule has 1 aliphatic rings. The van der Waals surface area contributed by atoms with Crippen LogP contribution in [-0.4, -0.2) is 63.4 Å². The number of thiophene rings is 1. The van der Waals surface area contributed by atoms with Crippen LogP contribution in [-0.2, 0) is 6.54 Å². The smallest absolute Gasteiger partial charge is 0.315 e. The third-order valence-electron chi connectivity index (χ3n) is 5.87. The molecule has 0 radical (unpaired) electrons. The van der Waals surface area contributed by atoms with Gasteiger partial charge in [0, 0.05) is 38.3 Å². The van der Waals surface area contributed by atoms with Crippen LogP contribution < -0.4 is 11.1 Å². The molecule has 0 unspecified atom stereocenters. The van der Waals surface area contributed by atoms with E-state index in [1.54, 1.807) is 23.2 Å². The van der Waals surface area contributed by atoms with Gasteiger partial charge in [-0.15, -0.1) is 0 Å². The van der Waals surface area contributed by atoms with Crippen molar-refractivity contribution in [2.75, 3.05) is 19.6 Å². The second-order valence-electron chi connectivity index (χ2n) is 8.00. The molecule has 32 heavy (non-hydrogen) atoms. The Balaban J connectivity index is 1.46. The molecule has 2 aromatic rings. The maximum Gasteiger partial charge on any atom is 0.315 e. The molecule has 11 heteroatoms. The molecule has 3 rings (SSSR count). The number of nitrogens with one attached hydrogen (secondary N) is 1. The van der Waals surface area contributed by atoms with Gasteiger partial charge in [-0.05, 0) is 67.1 Å². The van der Waals surface area contributed by atoms with E-state index in [4.69, 9.17) is 28.9 Å². The molecule has 8 nitrogen and oxygen atoms in total. The molecule has 0 spiro atoms. The Labute approximate surface area is 202 Å². The molecule has 2 aromatic heterocycles. The normalized spacial score (nSPS) is 16.0. The van der Waals surface area contributed by atoms with E-state index in [1.807, 2.05) is 16.8 Å². The van der Waals surface area contributed by atoms with Gasteiger partial charge in [0.05, 0.1) is 11.3 Å². The fraction of sp³-hybridized carbons (Fsp3) is 0.524. The number of piperidine rings is 1. The zero-order chi connectivity index (χ0) is 23.3. The van der Waals surface area contributed by atoms with Crippen LogP contribution in [0, 0.1) is 6.92 Å². The van der Waals surface area contributed by atoms with Gasteiger partial charge in [0.1, 0.15) is 5.15 Å². The number of rotatable bonds is 8. The molecule has 0 aromatic carbocycles. The molecule has 3 N–H and O–H groups in total. The molecule has 1 aliphatic heterocycles. The fourth-order valence-corrected chi connectivity index (χ4v) is 5.25. The number of urea groups is 1. The highest BCUT2D eigenvalue weighted by Crippen LogP contribution is 2.22. The number of halogens is 2. The third-order valence-corrected chi connectivity index (χ3v) is 7.05. The molecule has 174 valence electrons. The maximum absolute atomic E-state index is 12.5. The molecule has 1 fully saturated rings. The summed E-state index contributed by atoms with van der Waals surface area (Å²) in [4.78, 5) is 36.5. The Hall–Kier alpha value is -1.94. The van der Waals surface area contributed by atoms with Crippen molar-refractivity contribution in [1.82, 2.24) is 25.1 Å². The first kappa shape index (κ1) is 24.7. The first-order valence-corrected chi connectivity index (χ1v) is 12.2. The molecule has 0 aliphatic carbocycles. The van der Waals surface area contributed by atoms with Crippen molar-refractivity contribution >= 4 is 46.5 Å². The quantitative estimate of drug-likeness (QED) is 0.426. The standard InChI is InChI=1S/C21H28Cl2N6O2S/c1-13(3-7-25-19(30)17-14(2)26-20(23)27-18(17)22)28-8-4-16(5-9-28)29(21(24)31)11-15-6-10-32-12-15/h6,10,12-13,16H,3-5,7-9,11H2,1-2H3,(H2,24,31)(H,25,30)/t13-/m1/s1.